The summed E-state index contributed by atoms with van der Waals surface area (Å²) in [6.45, 7) is 2.08. The van der Waals surface area contributed by atoms with Crippen LogP contribution in [0, 0.1) is 0 Å². The molecule has 3 nitrogen and oxygen atoms in total. The second-order valence-electron chi connectivity index (χ2n) is 2.00. The van der Waals surface area contributed by atoms with Gasteiger partial charge in [-0.3, -0.25) is 5.10 Å². The first-order valence-corrected chi connectivity index (χ1v) is 3.06. The number of hydrogen-bond acceptors (Lipinski definition) is 2. The van der Waals surface area contributed by atoms with Gasteiger partial charge in [-0.05, 0) is 6.42 Å². The fourth-order valence-electron chi connectivity index (χ4n) is 0.747. The van der Waals surface area contributed by atoms with E-state index in [9.17, 15) is 0 Å². The minimum atomic E-state index is 0.0819. The van der Waals surface area contributed by atoms with Crippen molar-refractivity contribution in [3.05, 3.63) is 11.8 Å². The van der Waals surface area contributed by atoms with Crippen LogP contribution >= 0.6 is 0 Å². The molecule has 0 aliphatic rings. The lowest BCUT2D eigenvalue weighted by atomic mass is 10.3. The molecule has 0 bridgehead atoms. The lowest BCUT2D eigenvalue weighted by molar-refractivity contribution is 0.452. The van der Waals surface area contributed by atoms with E-state index in [1.807, 2.05) is 0 Å². The molecule has 9 heavy (non-hydrogen) atoms. The van der Waals surface area contributed by atoms with Crippen molar-refractivity contribution in [1.29, 1.82) is 0 Å². The second-order valence-corrected chi connectivity index (χ2v) is 2.00. The number of H-pyrrole nitrogens is 1. The Morgan fingerprint density at radius 3 is 3.00 bits per heavy atom. The largest absolute Gasteiger partial charge is 0.492 e. The number of aryl methyl sites for hydroxylation is 1. The number of hydrogen-bond donors (Lipinski definition) is 2. The zero-order valence-corrected chi connectivity index (χ0v) is 5.39. The van der Waals surface area contributed by atoms with Crippen molar-refractivity contribution in [2.24, 2.45) is 0 Å². The number of rotatable bonds is 2. The molecule has 0 saturated heterocycles. The fraction of sp³-hybridized carbons (Fsp3) is 0.500. The molecule has 50 valence electrons. The van der Waals surface area contributed by atoms with E-state index in [0.717, 1.165) is 18.5 Å². The van der Waals surface area contributed by atoms with E-state index in [2.05, 4.69) is 17.1 Å². The Kier molecular flexibility index (Phi) is 1.72. The Hall–Kier alpha value is -0.990. The summed E-state index contributed by atoms with van der Waals surface area (Å²) in [5.74, 6) is 0.0819. The highest BCUT2D eigenvalue weighted by atomic mass is 16.3. The molecular formula is C6H10N2O. The van der Waals surface area contributed by atoms with Crippen LogP contribution in [0.5, 0.6) is 5.88 Å². The van der Waals surface area contributed by atoms with Gasteiger partial charge in [0.1, 0.15) is 0 Å². The van der Waals surface area contributed by atoms with Gasteiger partial charge in [0, 0.05) is 11.8 Å². The first-order chi connectivity index (χ1) is 4.33. The van der Waals surface area contributed by atoms with E-state index in [-0.39, 0.29) is 5.88 Å². The van der Waals surface area contributed by atoms with Crippen molar-refractivity contribution in [3.8, 4) is 5.88 Å². The maximum atomic E-state index is 8.74. The van der Waals surface area contributed by atoms with Crippen molar-refractivity contribution in [2.75, 3.05) is 0 Å². The van der Waals surface area contributed by atoms with Gasteiger partial charge in [0.2, 0.25) is 5.88 Å². The Balaban J connectivity index is 2.61. The van der Waals surface area contributed by atoms with Gasteiger partial charge in [0.15, 0.2) is 0 Å². The molecule has 0 aromatic carbocycles. The normalized spacial score (nSPS) is 9.89. The lowest BCUT2D eigenvalue weighted by Crippen LogP contribution is -1.80. The molecule has 1 rings (SSSR count). The average Bonchev–Trinajstić information content (AvgIpc) is 2.17. The number of aromatic amines is 1. The third kappa shape index (κ3) is 1.45. The van der Waals surface area contributed by atoms with Gasteiger partial charge in [0.25, 0.3) is 0 Å². The quantitative estimate of drug-likeness (QED) is 0.622. The third-order valence-corrected chi connectivity index (χ3v) is 1.14. The van der Waals surface area contributed by atoms with Gasteiger partial charge >= 0.3 is 0 Å². The summed E-state index contributed by atoms with van der Waals surface area (Å²) in [5, 5.41) is 15.0. The monoisotopic (exact) mass is 126 g/mol. The topological polar surface area (TPSA) is 48.9 Å². The van der Waals surface area contributed by atoms with Crippen molar-refractivity contribution in [3.63, 3.8) is 0 Å². The van der Waals surface area contributed by atoms with Crippen molar-refractivity contribution < 1.29 is 5.11 Å². The number of aromatic hydroxyl groups is 1. The molecule has 0 amide bonds. The molecule has 0 aliphatic carbocycles. The highest BCUT2D eigenvalue weighted by Gasteiger charge is 1.94. The smallest absolute Gasteiger partial charge is 0.230 e. The summed E-state index contributed by atoms with van der Waals surface area (Å²) in [6.07, 6.45) is 2.02. The van der Waals surface area contributed by atoms with Crippen LogP contribution in [0.1, 0.15) is 19.0 Å². The van der Waals surface area contributed by atoms with Gasteiger partial charge in [-0.1, -0.05) is 13.3 Å². The molecule has 0 unspecified atom stereocenters. The van der Waals surface area contributed by atoms with E-state index in [4.69, 9.17) is 5.11 Å². The van der Waals surface area contributed by atoms with Gasteiger partial charge in [0.05, 0.1) is 0 Å². The van der Waals surface area contributed by atoms with Crippen LogP contribution < -0.4 is 0 Å². The van der Waals surface area contributed by atoms with E-state index < -0.39 is 0 Å². The summed E-state index contributed by atoms with van der Waals surface area (Å²) in [6, 6.07) is 1.64. The Morgan fingerprint density at radius 2 is 2.56 bits per heavy atom. The molecule has 3 heteroatoms. The Morgan fingerprint density at radius 1 is 1.78 bits per heavy atom. The molecule has 0 fully saturated rings. The van der Waals surface area contributed by atoms with Crippen LogP contribution in [0.3, 0.4) is 0 Å². The van der Waals surface area contributed by atoms with Crippen LogP contribution in [0.15, 0.2) is 6.07 Å². The van der Waals surface area contributed by atoms with Crippen LogP contribution in [-0.2, 0) is 6.42 Å². The maximum Gasteiger partial charge on any atom is 0.230 e. The molecule has 0 radical (unpaired) electrons. The van der Waals surface area contributed by atoms with Crippen molar-refractivity contribution in [2.45, 2.75) is 19.8 Å². The first kappa shape index (κ1) is 6.13. The molecule has 0 aliphatic heterocycles. The first-order valence-electron chi connectivity index (χ1n) is 3.06. The highest BCUT2D eigenvalue weighted by Crippen LogP contribution is 2.06. The van der Waals surface area contributed by atoms with Crippen LogP contribution in [0.25, 0.3) is 0 Å². The molecule has 0 atom stereocenters. The van der Waals surface area contributed by atoms with Gasteiger partial charge in [-0.15, -0.1) is 5.10 Å². The molecular weight excluding hydrogens is 116 g/mol. The van der Waals surface area contributed by atoms with Gasteiger partial charge in [-0.2, -0.15) is 0 Å². The summed E-state index contributed by atoms with van der Waals surface area (Å²) in [5.41, 5.74) is 0.995. The van der Waals surface area contributed by atoms with Crippen LogP contribution in [-0.4, -0.2) is 15.3 Å². The minimum Gasteiger partial charge on any atom is -0.492 e. The third-order valence-electron chi connectivity index (χ3n) is 1.14. The SMILES string of the molecule is CCCc1cc(O)n[nH]1. The number of aromatic nitrogens is 2. The minimum absolute atomic E-state index is 0.0819. The Bertz CT molecular complexity index is 183. The standard InChI is InChI=1S/C6H10N2O/c1-2-3-5-4-6(9)8-7-5/h4H,2-3H2,1H3,(H2,7,8,9). The van der Waals surface area contributed by atoms with E-state index in [1.165, 1.54) is 0 Å². The molecule has 2 N–H and O–H groups in total. The predicted octanol–water partition coefficient (Wildman–Crippen LogP) is 1.07. The molecule has 0 saturated carbocycles. The zero-order valence-electron chi connectivity index (χ0n) is 5.39. The highest BCUT2D eigenvalue weighted by molar-refractivity contribution is 5.11. The van der Waals surface area contributed by atoms with Crippen LogP contribution in [0.2, 0.25) is 0 Å². The zero-order chi connectivity index (χ0) is 6.69. The lowest BCUT2D eigenvalue weighted by Gasteiger charge is -1.85. The summed E-state index contributed by atoms with van der Waals surface area (Å²) < 4.78 is 0. The van der Waals surface area contributed by atoms with Gasteiger partial charge < -0.3 is 5.11 Å². The summed E-state index contributed by atoms with van der Waals surface area (Å²) in [4.78, 5) is 0. The van der Waals surface area contributed by atoms with E-state index >= 15 is 0 Å². The molecule has 1 heterocycles. The van der Waals surface area contributed by atoms with Crippen molar-refractivity contribution >= 4 is 0 Å². The fourth-order valence-corrected chi connectivity index (χ4v) is 0.747. The summed E-state index contributed by atoms with van der Waals surface area (Å²) in [7, 11) is 0. The molecule has 0 spiro atoms. The van der Waals surface area contributed by atoms with E-state index in [0.29, 0.717) is 0 Å². The number of nitrogens with one attached hydrogen (secondary N) is 1. The summed E-state index contributed by atoms with van der Waals surface area (Å²) >= 11 is 0. The van der Waals surface area contributed by atoms with Gasteiger partial charge in [-0.25, -0.2) is 0 Å². The average molecular weight is 126 g/mol. The Labute approximate surface area is 53.7 Å². The predicted molar refractivity (Wildman–Crippen MR) is 34.2 cm³/mol. The maximum absolute atomic E-state index is 8.74. The van der Waals surface area contributed by atoms with E-state index in [1.54, 1.807) is 6.07 Å². The number of nitrogens with zero attached hydrogens (tertiary/aromatic N) is 1. The van der Waals surface area contributed by atoms with Crippen LogP contribution in [0.4, 0.5) is 0 Å². The second kappa shape index (κ2) is 2.53. The van der Waals surface area contributed by atoms with Crippen molar-refractivity contribution in [1.82, 2.24) is 10.2 Å². The molecule has 1 aromatic heterocycles. The molecule has 1 aromatic rings.